The second kappa shape index (κ2) is 4.81. The summed E-state index contributed by atoms with van der Waals surface area (Å²) < 4.78 is 0. The highest BCUT2D eigenvalue weighted by Gasteiger charge is 2.25. The van der Waals surface area contributed by atoms with Crippen LogP contribution >= 0.6 is 0 Å². The Bertz CT molecular complexity index is 393. The molecule has 0 spiro atoms. The zero-order valence-corrected chi connectivity index (χ0v) is 10.8. The molecule has 0 heterocycles. The van der Waals surface area contributed by atoms with Crippen molar-refractivity contribution in [2.75, 3.05) is 7.05 Å². The second-order valence-electron chi connectivity index (χ2n) is 5.83. The molecule has 1 nitrogen and oxygen atoms in total. The summed E-state index contributed by atoms with van der Waals surface area (Å²) in [5.74, 6) is 1.02. The third kappa shape index (κ3) is 2.71. The van der Waals surface area contributed by atoms with Gasteiger partial charge in [0.2, 0.25) is 0 Å². The van der Waals surface area contributed by atoms with Crippen LogP contribution < -0.4 is 5.32 Å². The standard InChI is InChI=1S/C16H23N/c1-17-16(10-12-5-6-12)11-13-7-8-14-3-2-4-15(14)9-13/h7-9,12,16-17H,2-6,10-11H2,1H3. The predicted molar refractivity (Wildman–Crippen MR) is 72.4 cm³/mol. The fourth-order valence-electron chi connectivity index (χ4n) is 3.10. The van der Waals surface area contributed by atoms with Gasteiger partial charge in [-0.05, 0) is 61.8 Å². The van der Waals surface area contributed by atoms with Gasteiger partial charge in [-0.25, -0.2) is 0 Å². The molecule has 1 saturated carbocycles. The minimum Gasteiger partial charge on any atom is -0.317 e. The molecule has 92 valence electrons. The largest absolute Gasteiger partial charge is 0.317 e. The van der Waals surface area contributed by atoms with E-state index in [9.17, 15) is 0 Å². The zero-order valence-electron chi connectivity index (χ0n) is 10.8. The van der Waals surface area contributed by atoms with E-state index >= 15 is 0 Å². The van der Waals surface area contributed by atoms with Gasteiger partial charge in [0.15, 0.2) is 0 Å². The average Bonchev–Trinajstić information content (AvgIpc) is 3.04. The number of hydrogen-bond acceptors (Lipinski definition) is 1. The van der Waals surface area contributed by atoms with Crippen LogP contribution in [0.3, 0.4) is 0 Å². The maximum atomic E-state index is 3.49. The summed E-state index contributed by atoms with van der Waals surface area (Å²) in [6, 6.07) is 7.85. The zero-order chi connectivity index (χ0) is 11.7. The Balaban J connectivity index is 1.66. The lowest BCUT2D eigenvalue weighted by Crippen LogP contribution is -2.28. The van der Waals surface area contributed by atoms with E-state index in [-0.39, 0.29) is 0 Å². The monoisotopic (exact) mass is 229 g/mol. The molecule has 1 fully saturated rings. The van der Waals surface area contributed by atoms with Crippen LogP contribution in [0.2, 0.25) is 0 Å². The van der Waals surface area contributed by atoms with Crippen molar-refractivity contribution in [2.45, 2.75) is 51.0 Å². The number of nitrogens with one attached hydrogen (secondary N) is 1. The van der Waals surface area contributed by atoms with Gasteiger partial charge in [0, 0.05) is 6.04 Å². The molecule has 2 aliphatic rings. The smallest absolute Gasteiger partial charge is 0.0107 e. The van der Waals surface area contributed by atoms with E-state index in [1.165, 1.54) is 50.5 Å². The van der Waals surface area contributed by atoms with Crippen molar-refractivity contribution < 1.29 is 0 Å². The van der Waals surface area contributed by atoms with Gasteiger partial charge in [0.1, 0.15) is 0 Å². The van der Waals surface area contributed by atoms with Gasteiger partial charge in [0.25, 0.3) is 0 Å². The number of rotatable bonds is 5. The third-order valence-electron chi connectivity index (χ3n) is 4.37. The van der Waals surface area contributed by atoms with E-state index in [0.717, 1.165) is 5.92 Å². The van der Waals surface area contributed by atoms with Crippen LogP contribution in [-0.2, 0) is 19.3 Å². The lowest BCUT2D eigenvalue weighted by Gasteiger charge is -2.16. The van der Waals surface area contributed by atoms with E-state index < -0.39 is 0 Å². The van der Waals surface area contributed by atoms with Crippen LogP contribution in [0.5, 0.6) is 0 Å². The number of aryl methyl sites for hydroxylation is 2. The summed E-state index contributed by atoms with van der Waals surface area (Å²) in [7, 11) is 2.11. The number of likely N-dealkylation sites (N-methyl/N-ethyl adjacent to an activating group) is 1. The predicted octanol–water partition coefficient (Wildman–Crippen LogP) is 3.11. The summed E-state index contributed by atoms with van der Waals surface area (Å²) in [5, 5.41) is 3.49. The molecule has 1 aromatic carbocycles. The van der Waals surface area contributed by atoms with Gasteiger partial charge in [-0.15, -0.1) is 0 Å². The number of fused-ring (bicyclic) bond motifs is 1. The molecule has 0 radical (unpaired) electrons. The van der Waals surface area contributed by atoms with Crippen LogP contribution in [0.15, 0.2) is 18.2 Å². The van der Waals surface area contributed by atoms with Crippen molar-refractivity contribution in [2.24, 2.45) is 5.92 Å². The molecule has 1 unspecified atom stereocenters. The van der Waals surface area contributed by atoms with Crippen LogP contribution in [0.1, 0.15) is 42.4 Å². The quantitative estimate of drug-likeness (QED) is 0.818. The molecule has 1 aromatic rings. The lowest BCUT2D eigenvalue weighted by molar-refractivity contribution is 0.490. The highest BCUT2D eigenvalue weighted by Crippen LogP contribution is 2.34. The molecule has 1 N–H and O–H groups in total. The topological polar surface area (TPSA) is 12.0 Å². The van der Waals surface area contributed by atoms with Crippen molar-refractivity contribution >= 4 is 0 Å². The first-order valence-electron chi connectivity index (χ1n) is 7.13. The summed E-state index contributed by atoms with van der Waals surface area (Å²) >= 11 is 0. The molecule has 1 heteroatoms. The number of hydrogen-bond donors (Lipinski definition) is 1. The SMILES string of the molecule is CNC(Cc1ccc2c(c1)CCC2)CC1CC1. The van der Waals surface area contributed by atoms with Crippen LogP contribution in [-0.4, -0.2) is 13.1 Å². The molecule has 0 saturated heterocycles. The van der Waals surface area contributed by atoms with Crippen LogP contribution in [0.25, 0.3) is 0 Å². The van der Waals surface area contributed by atoms with E-state index in [1.54, 1.807) is 11.1 Å². The van der Waals surface area contributed by atoms with Crippen LogP contribution in [0.4, 0.5) is 0 Å². The maximum absolute atomic E-state index is 3.49. The van der Waals surface area contributed by atoms with Crippen molar-refractivity contribution in [1.29, 1.82) is 0 Å². The van der Waals surface area contributed by atoms with Crippen molar-refractivity contribution in [1.82, 2.24) is 5.32 Å². The Kier molecular flexibility index (Phi) is 3.19. The molecule has 2 aliphatic carbocycles. The van der Waals surface area contributed by atoms with Gasteiger partial charge in [0.05, 0.1) is 0 Å². The Labute approximate surface area is 105 Å². The first kappa shape index (κ1) is 11.3. The molecule has 0 aromatic heterocycles. The minimum absolute atomic E-state index is 0.682. The third-order valence-corrected chi connectivity index (χ3v) is 4.37. The molecule has 0 amide bonds. The summed E-state index contributed by atoms with van der Waals surface area (Å²) in [6.07, 6.45) is 9.46. The number of benzene rings is 1. The fourth-order valence-corrected chi connectivity index (χ4v) is 3.10. The van der Waals surface area contributed by atoms with E-state index in [0.29, 0.717) is 6.04 Å². The lowest BCUT2D eigenvalue weighted by atomic mass is 9.98. The Morgan fingerprint density at radius 1 is 1.24 bits per heavy atom. The van der Waals surface area contributed by atoms with Crippen molar-refractivity contribution in [3.05, 3.63) is 34.9 Å². The molecular formula is C16H23N. The van der Waals surface area contributed by atoms with Gasteiger partial charge >= 0.3 is 0 Å². The second-order valence-corrected chi connectivity index (χ2v) is 5.83. The Morgan fingerprint density at radius 3 is 2.82 bits per heavy atom. The highest BCUT2D eigenvalue weighted by atomic mass is 14.9. The fraction of sp³-hybridized carbons (Fsp3) is 0.625. The first-order valence-corrected chi connectivity index (χ1v) is 7.13. The molecule has 0 bridgehead atoms. The van der Waals surface area contributed by atoms with Gasteiger partial charge in [-0.2, -0.15) is 0 Å². The summed E-state index contributed by atoms with van der Waals surface area (Å²) in [4.78, 5) is 0. The highest BCUT2D eigenvalue weighted by molar-refractivity contribution is 5.35. The summed E-state index contributed by atoms with van der Waals surface area (Å²) in [6.45, 7) is 0. The normalized spacial score (nSPS) is 20.3. The van der Waals surface area contributed by atoms with Gasteiger partial charge in [-0.1, -0.05) is 31.0 Å². The van der Waals surface area contributed by atoms with E-state index in [4.69, 9.17) is 0 Å². The molecule has 1 atom stereocenters. The Hall–Kier alpha value is -0.820. The Morgan fingerprint density at radius 2 is 2.06 bits per heavy atom. The molecular weight excluding hydrogens is 206 g/mol. The van der Waals surface area contributed by atoms with E-state index in [2.05, 4.69) is 30.6 Å². The molecule has 3 rings (SSSR count). The van der Waals surface area contributed by atoms with Gasteiger partial charge in [-0.3, -0.25) is 0 Å². The summed E-state index contributed by atoms with van der Waals surface area (Å²) in [5.41, 5.74) is 4.74. The average molecular weight is 229 g/mol. The minimum atomic E-state index is 0.682. The van der Waals surface area contributed by atoms with Crippen molar-refractivity contribution in [3.63, 3.8) is 0 Å². The molecule has 17 heavy (non-hydrogen) atoms. The molecule has 0 aliphatic heterocycles. The first-order chi connectivity index (χ1) is 8.35. The van der Waals surface area contributed by atoms with Crippen LogP contribution in [0, 0.1) is 5.92 Å². The maximum Gasteiger partial charge on any atom is 0.0107 e. The van der Waals surface area contributed by atoms with Crippen molar-refractivity contribution in [3.8, 4) is 0 Å². The van der Waals surface area contributed by atoms with Gasteiger partial charge < -0.3 is 5.32 Å². The van der Waals surface area contributed by atoms with E-state index in [1.807, 2.05) is 0 Å².